The van der Waals surface area contributed by atoms with Crippen LogP contribution in [0.4, 0.5) is 0 Å². The average molecular weight is 461 g/mol. The summed E-state index contributed by atoms with van der Waals surface area (Å²) in [5.41, 5.74) is -0.846. The van der Waals surface area contributed by atoms with Gasteiger partial charge in [-0.15, -0.1) is 0 Å². The third-order valence-corrected chi connectivity index (χ3v) is 8.05. The van der Waals surface area contributed by atoms with Gasteiger partial charge in [-0.3, -0.25) is 0 Å². The van der Waals surface area contributed by atoms with Gasteiger partial charge >= 0.3 is 17.9 Å². The normalized spacial score (nSPS) is 42.0. The highest BCUT2D eigenvalue weighted by atomic mass is 16.6. The summed E-state index contributed by atoms with van der Waals surface area (Å²) in [6.45, 7) is 12.5. The van der Waals surface area contributed by atoms with E-state index in [9.17, 15) is 19.5 Å². The predicted molar refractivity (Wildman–Crippen MR) is 117 cm³/mol. The quantitative estimate of drug-likeness (QED) is 0.219. The van der Waals surface area contributed by atoms with Crippen LogP contribution in [0.3, 0.4) is 0 Å². The van der Waals surface area contributed by atoms with Crippen molar-refractivity contribution in [1.29, 1.82) is 0 Å². The van der Waals surface area contributed by atoms with E-state index in [4.69, 9.17) is 18.9 Å². The summed E-state index contributed by atoms with van der Waals surface area (Å²) in [5, 5.41) is 11.3. The lowest BCUT2D eigenvalue weighted by Crippen LogP contribution is -2.59. The van der Waals surface area contributed by atoms with Gasteiger partial charge in [0.2, 0.25) is 5.60 Å². The topological polar surface area (TPSA) is 112 Å². The number of aliphatic hydroxyl groups is 1. The third kappa shape index (κ3) is 3.54. The molecule has 8 nitrogen and oxygen atoms in total. The molecule has 2 saturated heterocycles. The molecule has 0 unspecified atom stereocenters. The molecule has 4 rings (SSSR count). The molecule has 33 heavy (non-hydrogen) atoms. The van der Waals surface area contributed by atoms with Crippen LogP contribution in [0, 0.1) is 17.3 Å². The predicted octanol–water partition coefficient (Wildman–Crippen LogP) is 2.40. The molecular weight excluding hydrogens is 428 g/mol. The average Bonchev–Trinajstić information content (AvgIpc) is 3.54. The van der Waals surface area contributed by atoms with Gasteiger partial charge in [-0.25, -0.2) is 14.4 Å². The molecule has 180 valence electrons. The number of hydrogen-bond acceptors (Lipinski definition) is 8. The van der Waals surface area contributed by atoms with Crippen LogP contribution in [0.5, 0.6) is 0 Å². The molecule has 2 aliphatic carbocycles. The summed E-state index contributed by atoms with van der Waals surface area (Å²) in [5.74, 6) is -2.75. The minimum absolute atomic E-state index is 0.273. The Bertz CT molecular complexity index is 963. The number of carbonyl (C=O) groups is 3. The highest BCUT2D eigenvalue weighted by Gasteiger charge is 2.72. The first-order valence-corrected chi connectivity index (χ1v) is 11.4. The Labute approximate surface area is 193 Å². The van der Waals surface area contributed by atoms with Gasteiger partial charge in [-0.2, -0.15) is 0 Å². The lowest BCUT2D eigenvalue weighted by atomic mass is 9.53. The van der Waals surface area contributed by atoms with Crippen LogP contribution in [0.15, 0.2) is 35.5 Å². The van der Waals surface area contributed by atoms with Gasteiger partial charge < -0.3 is 24.1 Å². The van der Waals surface area contributed by atoms with Crippen LogP contribution in [-0.4, -0.2) is 59.6 Å². The molecule has 0 aromatic carbocycles. The number of ether oxygens (including phenoxy) is 4. The Morgan fingerprint density at radius 3 is 2.45 bits per heavy atom. The van der Waals surface area contributed by atoms with Gasteiger partial charge in [0.15, 0.2) is 0 Å². The molecule has 0 spiro atoms. The molecule has 0 aromatic rings. The van der Waals surface area contributed by atoms with Crippen LogP contribution in [-0.2, 0) is 33.3 Å². The van der Waals surface area contributed by atoms with E-state index in [1.54, 1.807) is 39.8 Å². The molecule has 0 amide bonds. The zero-order valence-electron chi connectivity index (χ0n) is 19.8. The van der Waals surface area contributed by atoms with Gasteiger partial charge in [-0.05, 0) is 46.1 Å². The van der Waals surface area contributed by atoms with Crippen LogP contribution < -0.4 is 0 Å². The summed E-state index contributed by atoms with van der Waals surface area (Å²) in [6.07, 6.45) is 2.52. The van der Waals surface area contributed by atoms with Crippen molar-refractivity contribution in [1.82, 2.24) is 0 Å². The first-order valence-electron chi connectivity index (χ1n) is 11.4. The maximum atomic E-state index is 12.8. The van der Waals surface area contributed by atoms with Crippen molar-refractivity contribution in [3.63, 3.8) is 0 Å². The van der Waals surface area contributed by atoms with Crippen molar-refractivity contribution < 1.29 is 38.4 Å². The van der Waals surface area contributed by atoms with E-state index in [0.717, 1.165) is 5.57 Å². The molecule has 2 aliphatic heterocycles. The van der Waals surface area contributed by atoms with Crippen molar-refractivity contribution in [2.75, 3.05) is 6.61 Å². The number of hydrogen-bond donors (Lipinski definition) is 1. The highest BCUT2D eigenvalue weighted by Crippen LogP contribution is 2.63. The van der Waals surface area contributed by atoms with E-state index in [2.05, 4.69) is 6.58 Å². The molecular formula is C25H32O8. The number of esters is 3. The smallest absolute Gasteiger partial charge is 0.342 e. The minimum atomic E-state index is -1.94. The van der Waals surface area contributed by atoms with Crippen molar-refractivity contribution in [2.24, 2.45) is 17.3 Å². The largest absolute Gasteiger partial charge is 0.459 e. The number of carbonyl (C=O) groups excluding carboxylic acids is 3. The van der Waals surface area contributed by atoms with Crippen molar-refractivity contribution in [3.05, 3.63) is 35.5 Å². The summed E-state index contributed by atoms with van der Waals surface area (Å²) in [6, 6.07) is 0. The summed E-state index contributed by atoms with van der Waals surface area (Å²) in [4.78, 5) is 37.5. The van der Waals surface area contributed by atoms with E-state index in [-0.39, 0.29) is 18.1 Å². The lowest BCUT2D eigenvalue weighted by Gasteiger charge is -2.52. The van der Waals surface area contributed by atoms with E-state index >= 15 is 0 Å². The summed E-state index contributed by atoms with van der Waals surface area (Å²) in [7, 11) is 0. The summed E-state index contributed by atoms with van der Waals surface area (Å²) < 4.78 is 22.7. The Balaban J connectivity index is 1.60. The Kier molecular flexibility index (Phi) is 5.81. The molecule has 2 saturated carbocycles. The molecule has 0 aromatic heterocycles. The van der Waals surface area contributed by atoms with Crippen molar-refractivity contribution >= 4 is 17.9 Å². The van der Waals surface area contributed by atoms with Crippen LogP contribution in [0.25, 0.3) is 0 Å². The molecule has 0 bridgehead atoms. The molecule has 8 heteroatoms. The van der Waals surface area contributed by atoms with Gasteiger partial charge in [0, 0.05) is 28.4 Å². The number of allylic oxidation sites excluding steroid dienone is 2. The van der Waals surface area contributed by atoms with E-state index < -0.39 is 53.7 Å². The lowest BCUT2D eigenvalue weighted by molar-refractivity contribution is -0.168. The Morgan fingerprint density at radius 1 is 1.18 bits per heavy atom. The van der Waals surface area contributed by atoms with Crippen LogP contribution in [0.1, 0.15) is 47.5 Å². The zero-order chi connectivity index (χ0) is 24.3. The maximum absolute atomic E-state index is 12.8. The summed E-state index contributed by atoms with van der Waals surface area (Å²) >= 11 is 0. The standard InChI is InChI=1S/C25H32O8/c1-7-12(3)21(26)30-11-25(29)15-9-10-24(6)16(18(15)32-23(25)28)14(5)17-19(31-17)20(24)33-22(27)13(4)8-2/h7-8,15-20,29H,5,9-11H2,1-4,6H3/b12-7-,13-8-/t15-,16+,17-,18-,19-,20-,24+,25-/m1/s1. The van der Waals surface area contributed by atoms with E-state index in [1.165, 1.54) is 0 Å². The van der Waals surface area contributed by atoms with Gasteiger partial charge in [0.1, 0.15) is 31.0 Å². The van der Waals surface area contributed by atoms with Crippen LogP contribution in [0.2, 0.25) is 0 Å². The number of epoxide rings is 1. The Hall–Kier alpha value is -2.45. The molecule has 0 radical (unpaired) electrons. The fraction of sp³-hybridized carbons (Fsp3) is 0.640. The van der Waals surface area contributed by atoms with Gasteiger partial charge in [-0.1, -0.05) is 25.7 Å². The number of fused-ring (bicyclic) bond motifs is 4. The minimum Gasteiger partial charge on any atom is -0.459 e. The third-order valence-electron chi connectivity index (χ3n) is 8.05. The van der Waals surface area contributed by atoms with Crippen molar-refractivity contribution in [2.45, 2.75) is 77.5 Å². The Morgan fingerprint density at radius 2 is 1.82 bits per heavy atom. The second kappa shape index (κ2) is 8.09. The molecule has 4 aliphatic rings. The first kappa shape index (κ1) is 23.7. The monoisotopic (exact) mass is 460 g/mol. The maximum Gasteiger partial charge on any atom is 0.342 e. The fourth-order valence-corrected chi connectivity index (χ4v) is 5.69. The number of rotatable bonds is 5. The fourth-order valence-electron chi connectivity index (χ4n) is 5.69. The van der Waals surface area contributed by atoms with Gasteiger partial charge in [0.05, 0.1) is 0 Å². The molecule has 4 fully saturated rings. The molecule has 2 heterocycles. The second-order valence-corrected chi connectivity index (χ2v) is 9.86. The van der Waals surface area contributed by atoms with Crippen molar-refractivity contribution in [3.8, 4) is 0 Å². The second-order valence-electron chi connectivity index (χ2n) is 9.86. The van der Waals surface area contributed by atoms with Gasteiger partial charge in [0.25, 0.3) is 0 Å². The SMILES string of the molecule is C=C1[C@H]2O[C@H]2[C@@H](OC(=O)/C(C)=C\C)[C@@]2(C)CC[C@@H]3[C@@H](OC(=O)[C@@]3(O)COC(=O)/C(C)=C\C)[C@H]12. The first-order chi connectivity index (χ1) is 15.5. The molecule has 8 atom stereocenters. The zero-order valence-corrected chi connectivity index (χ0v) is 19.8. The highest BCUT2D eigenvalue weighted by molar-refractivity contribution is 5.89. The van der Waals surface area contributed by atoms with E-state index in [0.29, 0.717) is 24.0 Å². The van der Waals surface area contributed by atoms with Crippen LogP contribution >= 0.6 is 0 Å². The molecule has 1 N–H and O–H groups in total. The van der Waals surface area contributed by atoms with E-state index in [1.807, 2.05) is 6.92 Å².